The van der Waals surface area contributed by atoms with Crippen LogP contribution in [0.1, 0.15) is 37.7 Å². The number of carbonyl (C=O) groups excluding carboxylic acids is 2. The number of anilines is 3. The van der Waals surface area contributed by atoms with Gasteiger partial charge >= 0.3 is 7.12 Å². The van der Waals surface area contributed by atoms with Gasteiger partial charge in [0, 0.05) is 11.4 Å². The zero-order valence-corrected chi connectivity index (χ0v) is 27.3. The predicted molar refractivity (Wildman–Crippen MR) is 188 cm³/mol. The first-order chi connectivity index (χ1) is 23.9. The van der Waals surface area contributed by atoms with Crippen LogP contribution in [0.5, 0.6) is 5.75 Å². The molecule has 1 aromatic heterocycles. The van der Waals surface area contributed by atoms with Crippen molar-refractivity contribution in [3.63, 3.8) is 0 Å². The summed E-state index contributed by atoms with van der Waals surface area (Å²) in [5, 5.41) is 23.7. The zero-order valence-electron chi connectivity index (χ0n) is 27.3. The Morgan fingerprint density at radius 2 is 1.65 bits per heavy atom. The van der Waals surface area contributed by atoms with Crippen LogP contribution in [0.2, 0.25) is 6.32 Å². The van der Waals surface area contributed by atoms with Crippen molar-refractivity contribution in [1.29, 1.82) is 0 Å². The van der Waals surface area contributed by atoms with Crippen LogP contribution in [0.15, 0.2) is 118 Å². The van der Waals surface area contributed by atoms with Gasteiger partial charge in [-0.1, -0.05) is 42.0 Å². The number of aliphatic hydroxyl groups excluding tert-OH is 1. The molecule has 7 rings (SSSR count). The summed E-state index contributed by atoms with van der Waals surface area (Å²) in [6.45, 7) is 2.09. The summed E-state index contributed by atoms with van der Waals surface area (Å²) in [6.07, 6.45) is 3.27. The van der Waals surface area contributed by atoms with Crippen LogP contribution in [0.3, 0.4) is 0 Å². The molecule has 2 amide bonds. The van der Waals surface area contributed by atoms with E-state index in [4.69, 9.17) is 13.8 Å². The highest BCUT2D eigenvalue weighted by Crippen LogP contribution is 2.51. The number of rotatable bonds is 11. The molecule has 4 atom stereocenters. The van der Waals surface area contributed by atoms with Gasteiger partial charge in [-0.2, -0.15) is 0 Å². The SMILES string of the molecule is C/C(=C\c1ccc(CO)o1)CC[C@H]1OB(O)C[C@H]2C1=C(COc1ccccc1)C[C@H]1C(=O)N(c3ccc(Nc4ccccc4)cc3)C(=O)[C@H]12. The summed E-state index contributed by atoms with van der Waals surface area (Å²) >= 11 is 0. The highest BCUT2D eigenvalue weighted by molar-refractivity contribution is 6.43. The smallest absolute Gasteiger partial charge is 0.455 e. The summed E-state index contributed by atoms with van der Waals surface area (Å²) in [5.74, 6) is -0.161. The number of para-hydroxylation sites is 2. The van der Waals surface area contributed by atoms with Crippen LogP contribution < -0.4 is 15.0 Å². The lowest BCUT2D eigenvalue weighted by Gasteiger charge is -2.43. The Morgan fingerprint density at radius 3 is 2.37 bits per heavy atom. The maximum absolute atomic E-state index is 14.3. The quantitative estimate of drug-likeness (QED) is 0.0917. The van der Waals surface area contributed by atoms with Crippen molar-refractivity contribution < 1.29 is 33.5 Å². The Balaban J connectivity index is 1.16. The molecule has 0 bridgehead atoms. The molecule has 3 aromatic carbocycles. The van der Waals surface area contributed by atoms with Gasteiger partial charge in [0.25, 0.3) is 0 Å². The number of allylic oxidation sites excluding steroid dienone is 1. The van der Waals surface area contributed by atoms with Crippen molar-refractivity contribution in [2.24, 2.45) is 17.8 Å². The fraction of sp³-hybridized carbons (Fsp3) is 0.282. The van der Waals surface area contributed by atoms with Gasteiger partial charge in [-0.05, 0) is 116 Å². The molecular weight excluding hydrogens is 619 g/mol. The molecule has 1 aliphatic carbocycles. The number of imide groups is 1. The monoisotopic (exact) mass is 658 g/mol. The third-order valence-electron chi connectivity index (χ3n) is 9.68. The number of hydrogen-bond donors (Lipinski definition) is 3. The molecule has 4 aromatic rings. The highest BCUT2D eigenvalue weighted by atomic mass is 16.5. The van der Waals surface area contributed by atoms with Crippen molar-refractivity contribution >= 4 is 42.1 Å². The Hall–Kier alpha value is -4.90. The van der Waals surface area contributed by atoms with Crippen molar-refractivity contribution in [3.8, 4) is 5.75 Å². The number of benzene rings is 3. The minimum atomic E-state index is -1.07. The number of ether oxygens (including phenoxy) is 1. The number of carbonyl (C=O) groups is 2. The van der Waals surface area contributed by atoms with Crippen LogP contribution >= 0.6 is 0 Å². The van der Waals surface area contributed by atoms with E-state index in [-0.39, 0.29) is 37.3 Å². The Bertz CT molecular complexity index is 1850. The molecule has 0 spiro atoms. The minimum absolute atomic E-state index is 0.165. The minimum Gasteiger partial charge on any atom is -0.489 e. The third-order valence-corrected chi connectivity index (χ3v) is 9.68. The van der Waals surface area contributed by atoms with E-state index < -0.39 is 25.1 Å². The average molecular weight is 659 g/mol. The maximum atomic E-state index is 14.3. The summed E-state index contributed by atoms with van der Waals surface area (Å²) in [6, 6.07) is 30.2. The normalized spacial score (nSPS) is 22.3. The topological polar surface area (TPSA) is 121 Å². The molecule has 0 saturated carbocycles. The highest BCUT2D eigenvalue weighted by Gasteiger charge is 2.57. The molecule has 2 fully saturated rings. The second-order valence-corrected chi connectivity index (χ2v) is 13.0. The first kappa shape index (κ1) is 32.6. The van der Waals surface area contributed by atoms with E-state index in [9.17, 15) is 19.7 Å². The lowest BCUT2D eigenvalue weighted by molar-refractivity contribution is -0.122. The van der Waals surface area contributed by atoms with Crippen LogP contribution in [0, 0.1) is 17.8 Å². The summed E-state index contributed by atoms with van der Waals surface area (Å²) in [7, 11) is -1.07. The van der Waals surface area contributed by atoms with E-state index in [1.807, 2.05) is 91.9 Å². The lowest BCUT2D eigenvalue weighted by atomic mass is 9.58. The van der Waals surface area contributed by atoms with E-state index in [1.165, 1.54) is 4.90 Å². The first-order valence-corrected chi connectivity index (χ1v) is 16.8. The van der Waals surface area contributed by atoms with Gasteiger partial charge in [0.05, 0.1) is 23.6 Å². The van der Waals surface area contributed by atoms with Gasteiger partial charge < -0.3 is 29.3 Å². The fourth-order valence-electron chi connectivity index (χ4n) is 7.45. The Morgan fingerprint density at radius 1 is 0.939 bits per heavy atom. The molecule has 0 radical (unpaired) electrons. The van der Waals surface area contributed by atoms with Gasteiger partial charge in [-0.25, -0.2) is 0 Å². The molecule has 250 valence electrons. The van der Waals surface area contributed by atoms with Crippen molar-refractivity contribution in [2.75, 3.05) is 16.8 Å². The van der Waals surface area contributed by atoms with Gasteiger partial charge in [0.2, 0.25) is 11.8 Å². The molecule has 0 unspecified atom stereocenters. The molecule has 49 heavy (non-hydrogen) atoms. The number of furan rings is 1. The number of hydrogen-bond acceptors (Lipinski definition) is 8. The van der Waals surface area contributed by atoms with E-state index in [0.717, 1.165) is 28.1 Å². The number of aliphatic hydroxyl groups is 1. The molecule has 3 aliphatic rings. The Kier molecular flexibility index (Phi) is 9.53. The van der Waals surface area contributed by atoms with Crippen LogP contribution in [-0.4, -0.2) is 41.8 Å². The number of nitrogens with one attached hydrogen (secondary N) is 1. The second-order valence-electron chi connectivity index (χ2n) is 13.0. The molecule has 3 N–H and O–H groups in total. The molecule has 2 aliphatic heterocycles. The van der Waals surface area contributed by atoms with Gasteiger partial charge in [-0.3, -0.25) is 14.5 Å². The molecule has 10 heteroatoms. The van der Waals surface area contributed by atoms with E-state index in [2.05, 4.69) is 5.32 Å². The number of amides is 2. The average Bonchev–Trinajstić information content (AvgIpc) is 3.68. The molecular formula is C39H39BN2O7. The van der Waals surface area contributed by atoms with Gasteiger partial charge in [0.15, 0.2) is 0 Å². The first-order valence-electron chi connectivity index (χ1n) is 16.8. The largest absolute Gasteiger partial charge is 0.489 e. The zero-order chi connectivity index (χ0) is 33.9. The molecule has 9 nitrogen and oxygen atoms in total. The summed E-state index contributed by atoms with van der Waals surface area (Å²) in [5.41, 5.74) is 5.25. The number of nitrogens with zero attached hydrogens (tertiary/aromatic N) is 1. The van der Waals surface area contributed by atoms with E-state index in [1.54, 1.807) is 18.2 Å². The third kappa shape index (κ3) is 6.99. The number of fused-ring (bicyclic) bond motifs is 3. The standard InChI is InChI=1S/C39H39BN2O7/c1-25(20-31-17-18-32(23-43)48-31)12-19-35-36-26(24-47-30-10-6-3-7-11-30)21-33-37(34(36)22-40(46)49-35)39(45)42(38(33)44)29-15-13-28(14-16-29)41-27-8-4-2-5-9-27/h2-11,13-18,20,33-35,37,41,43,46H,12,19,21-24H2,1H3/b25-20+/t33-,34+,35-,37-/m1/s1. The van der Waals surface area contributed by atoms with E-state index >= 15 is 0 Å². The van der Waals surface area contributed by atoms with Crippen LogP contribution in [0.25, 0.3) is 6.08 Å². The lowest BCUT2D eigenvalue weighted by Crippen LogP contribution is -2.46. The van der Waals surface area contributed by atoms with Crippen LogP contribution in [0.4, 0.5) is 17.1 Å². The van der Waals surface area contributed by atoms with Crippen molar-refractivity contribution in [2.45, 2.75) is 45.2 Å². The summed E-state index contributed by atoms with van der Waals surface area (Å²) < 4.78 is 18.1. The van der Waals surface area contributed by atoms with Crippen molar-refractivity contribution in [1.82, 2.24) is 0 Å². The maximum Gasteiger partial charge on any atom is 0.455 e. The fourth-order valence-corrected chi connectivity index (χ4v) is 7.45. The van der Waals surface area contributed by atoms with Gasteiger partial charge in [0.1, 0.15) is 30.5 Å². The molecule has 2 saturated heterocycles. The van der Waals surface area contributed by atoms with Gasteiger partial charge in [-0.15, -0.1) is 0 Å². The van der Waals surface area contributed by atoms with Crippen molar-refractivity contribution in [3.05, 3.63) is 125 Å². The Labute approximate surface area is 286 Å². The van der Waals surface area contributed by atoms with Crippen LogP contribution in [-0.2, 0) is 20.9 Å². The predicted octanol–water partition coefficient (Wildman–Crippen LogP) is 6.78. The van der Waals surface area contributed by atoms with E-state index in [0.29, 0.717) is 42.2 Å². The second kappa shape index (κ2) is 14.3. The summed E-state index contributed by atoms with van der Waals surface area (Å²) in [4.78, 5) is 29.7. The molecule has 3 heterocycles.